The van der Waals surface area contributed by atoms with Gasteiger partial charge >= 0.3 is 0 Å². The van der Waals surface area contributed by atoms with E-state index in [4.69, 9.17) is 4.74 Å². The number of ketones is 1. The standard InChI is InChI=1S/C15H19FN2O2/c1-9-3-4-13(16)14(17-9)15(19)10-5-11-7-20-8-12(6-10)18(11)2/h3-4,10-12H,5-8H2,1-2H3. The van der Waals surface area contributed by atoms with Crippen molar-refractivity contribution in [1.82, 2.24) is 9.88 Å². The minimum atomic E-state index is -0.513. The summed E-state index contributed by atoms with van der Waals surface area (Å²) in [5.41, 5.74) is 0.671. The Kier molecular flexibility index (Phi) is 3.56. The van der Waals surface area contributed by atoms with E-state index in [1.807, 2.05) is 0 Å². The molecule has 5 heteroatoms. The number of nitrogens with zero attached hydrogens (tertiary/aromatic N) is 2. The minimum absolute atomic E-state index is 0.00135. The number of fused-ring (bicyclic) bond motifs is 2. The number of rotatable bonds is 2. The first-order valence-corrected chi connectivity index (χ1v) is 7.03. The molecule has 4 nitrogen and oxygen atoms in total. The molecule has 1 aromatic heterocycles. The SMILES string of the molecule is Cc1ccc(F)c(C(=O)C2CC3COCC(C2)N3C)n1. The van der Waals surface area contributed by atoms with Crippen molar-refractivity contribution in [2.75, 3.05) is 20.3 Å². The van der Waals surface area contributed by atoms with Crippen molar-refractivity contribution in [3.63, 3.8) is 0 Å². The Morgan fingerprint density at radius 3 is 2.65 bits per heavy atom. The van der Waals surface area contributed by atoms with Gasteiger partial charge in [0.1, 0.15) is 5.69 Å². The molecule has 0 aromatic carbocycles. The molecule has 2 saturated heterocycles. The number of Topliss-reactive ketones (excluding diaryl/α,β-unsaturated/α-hetero) is 1. The number of pyridine rings is 1. The fraction of sp³-hybridized carbons (Fsp3) is 0.600. The molecule has 108 valence electrons. The van der Waals surface area contributed by atoms with E-state index in [0.29, 0.717) is 18.9 Å². The predicted molar refractivity (Wildman–Crippen MR) is 72.1 cm³/mol. The van der Waals surface area contributed by atoms with E-state index in [2.05, 4.69) is 16.9 Å². The average molecular weight is 278 g/mol. The van der Waals surface area contributed by atoms with Crippen LogP contribution < -0.4 is 0 Å². The fourth-order valence-corrected chi connectivity index (χ4v) is 3.22. The highest BCUT2D eigenvalue weighted by molar-refractivity contribution is 5.96. The molecule has 2 unspecified atom stereocenters. The summed E-state index contributed by atoms with van der Waals surface area (Å²) in [4.78, 5) is 18.9. The Balaban J connectivity index is 1.83. The molecule has 2 aliphatic heterocycles. The van der Waals surface area contributed by atoms with Crippen LogP contribution in [0.1, 0.15) is 29.0 Å². The van der Waals surface area contributed by atoms with Crippen LogP contribution in [0.15, 0.2) is 12.1 Å². The maximum absolute atomic E-state index is 13.8. The van der Waals surface area contributed by atoms with E-state index in [9.17, 15) is 9.18 Å². The number of piperidine rings is 1. The van der Waals surface area contributed by atoms with Crippen LogP contribution in [-0.2, 0) is 4.74 Å². The van der Waals surface area contributed by atoms with Gasteiger partial charge in [0.2, 0.25) is 0 Å². The second kappa shape index (κ2) is 5.22. The molecule has 20 heavy (non-hydrogen) atoms. The lowest BCUT2D eigenvalue weighted by molar-refractivity contribution is -0.0703. The zero-order valence-electron chi connectivity index (χ0n) is 11.8. The molecule has 0 amide bonds. The summed E-state index contributed by atoms with van der Waals surface area (Å²) in [7, 11) is 2.07. The van der Waals surface area contributed by atoms with E-state index in [1.54, 1.807) is 13.0 Å². The first-order valence-electron chi connectivity index (χ1n) is 7.03. The van der Waals surface area contributed by atoms with Crippen LogP contribution in [0, 0.1) is 18.7 Å². The van der Waals surface area contributed by atoms with Gasteiger partial charge < -0.3 is 4.74 Å². The number of ether oxygens (including phenoxy) is 1. The van der Waals surface area contributed by atoms with E-state index < -0.39 is 5.82 Å². The Morgan fingerprint density at radius 1 is 1.35 bits per heavy atom. The van der Waals surface area contributed by atoms with Gasteiger partial charge in [-0.3, -0.25) is 9.69 Å². The summed E-state index contributed by atoms with van der Waals surface area (Å²) in [6.07, 6.45) is 1.45. The van der Waals surface area contributed by atoms with Gasteiger partial charge in [0.05, 0.1) is 13.2 Å². The third-order valence-corrected chi connectivity index (χ3v) is 4.48. The summed E-state index contributed by atoms with van der Waals surface area (Å²) >= 11 is 0. The van der Waals surface area contributed by atoms with Gasteiger partial charge in [-0.1, -0.05) is 0 Å². The summed E-state index contributed by atoms with van der Waals surface area (Å²) in [5.74, 6) is -0.814. The summed E-state index contributed by atoms with van der Waals surface area (Å²) < 4.78 is 19.4. The van der Waals surface area contributed by atoms with Crippen molar-refractivity contribution in [2.45, 2.75) is 31.8 Å². The summed E-state index contributed by atoms with van der Waals surface area (Å²) in [6, 6.07) is 3.42. The van der Waals surface area contributed by atoms with E-state index in [1.165, 1.54) is 6.07 Å². The number of carbonyl (C=O) groups is 1. The van der Waals surface area contributed by atoms with Crippen LogP contribution in [0.5, 0.6) is 0 Å². The first-order chi connectivity index (χ1) is 9.56. The van der Waals surface area contributed by atoms with Crippen molar-refractivity contribution < 1.29 is 13.9 Å². The number of halogens is 1. The topological polar surface area (TPSA) is 42.4 Å². The average Bonchev–Trinajstić information content (AvgIpc) is 2.40. The zero-order valence-corrected chi connectivity index (χ0v) is 11.8. The fourth-order valence-electron chi connectivity index (χ4n) is 3.22. The number of aryl methyl sites for hydroxylation is 1. The Bertz CT molecular complexity index is 521. The van der Waals surface area contributed by atoms with Gasteiger partial charge in [-0.15, -0.1) is 0 Å². The van der Waals surface area contributed by atoms with Crippen LogP contribution in [0.25, 0.3) is 0 Å². The van der Waals surface area contributed by atoms with Crippen molar-refractivity contribution in [1.29, 1.82) is 0 Å². The Hall–Kier alpha value is -1.33. The Morgan fingerprint density at radius 2 is 2.00 bits per heavy atom. The van der Waals surface area contributed by atoms with Gasteiger partial charge in [-0.25, -0.2) is 9.37 Å². The molecule has 3 rings (SSSR count). The molecule has 2 atom stereocenters. The van der Waals surface area contributed by atoms with Crippen LogP contribution in [0.3, 0.4) is 0 Å². The lowest BCUT2D eigenvalue weighted by atomic mass is 9.82. The van der Waals surface area contributed by atoms with Crippen molar-refractivity contribution >= 4 is 5.78 Å². The van der Waals surface area contributed by atoms with Crippen LogP contribution in [-0.4, -0.2) is 48.0 Å². The van der Waals surface area contributed by atoms with E-state index >= 15 is 0 Å². The smallest absolute Gasteiger partial charge is 0.187 e. The van der Waals surface area contributed by atoms with Gasteiger partial charge in [-0.2, -0.15) is 0 Å². The van der Waals surface area contributed by atoms with Gasteiger partial charge in [-0.05, 0) is 38.9 Å². The number of morpholine rings is 1. The van der Waals surface area contributed by atoms with Gasteiger partial charge in [0.15, 0.2) is 11.6 Å². The largest absolute Gasteiger partial charge is 0.378 e. The van der Waals surface area contributed by atoms with Gasteiger partial charge in [0.25, 0.3) is 0 Å². The van der Waals surface area contributed by atoms with Crippen molar-refractivity contribution in [3.05, 3.63) is 29.3 Å². The highest BCUT2D eigenvalue weighted by atomic mass is 19.1. The molecule has 0 aliphatic carbocycles. The Labute approximate surface area is 117 Å². The molecule has 0 saturated carbocycles. The molecular formula is C15H19FN2O2. The maximum atomic E-state index is 13.8. The van der Waals surface area contributed by atoms with Crippen LogP contribution in [0.4, 0.5) is 4.39 Å². The first kappa shape index (κ1) is 13.6. The van der Waals surface area contributed by atoms with Gasteiger partial charge in [0, 0.05) is 23.7 Å². The third-order valence-electron chi connectivity index (χ3n) is 4.48. The molecule has 2 aliphatic rings. The monoisotopic (exact) mass is 278 g/mol. The second-order valence-electron chi connectivity index (χ2n) is 5.83. The molecule has 1 aromatic rings. The van der Waals surface area contributed by atoms with Crippen molar-refractivity contribution in [2.24, 2.45) is 5.92 Å². The molecule has 2 fully saturated rings. The molecule has 2 bridgehead atoms. The lowest BCUT2D eigenvalue weighted by Gasteiger charge is -2.46. The normalized spacial score (nSPS) is 30.2. The molecule has 0 N–H and O–H groups in total. The number of likely N-dealkylation sites (N-methyl/N-ethyl adjacent to an activating group) is 1. The molecule has 0 spiro atoms. The van der Waals surface area contributed by atoms with E-state index in [0.717, 1.165) is 12.8 Å². The maximum Gasteiger partial charge on any atom is 0.187 e. The second-order valence-corrected chi connectivity index (χ2v) is 5.83. The number of hydrogen-bond donors (Lipinski definition) is 0. The minimum Gasteiger partial charge on any atom is -0.378 e. The zero-order chi connectivity index (χ0) is 14.3. The van der Waals surface area contributed by atoms with E-state index in [-0.39, 0.29) is 29.5 Å². The summed E-state index contributed by atoms with van der Waals surface area (Å²) in [6.45, 7) is 3.08. The summed E-state index contributed by atoms with van der Waals surface area (Å²) in [5, 5.41) is 0. The lowest BCUT2D eigenvalue weighted by Crippen LogP contribution is -2.55. The van der Waals surface area contributed by atoms with Crippen LogP contribution in [0.2, 0.25) is 0 Å². The van der Waals surface area contributed by atoms with Crippen LogP contribution >= 0.6 is 0 Å². The third kappa shape index (κ3) is 2.36. The highest BCUT2D eigenvalue weighted by Gasteiger charge is 2.40. The van der Waals surface area contributed by atoms with Crippen molar-refractivity contribution in [3.8, 4) is 0 Å². The molecular weight excluding hydrogens is 259 g/mol. The highest BCUT2D eigenvalue weighted by Crippen LogP contribution is 2.32. The molecule has 3 heterocycles. The number of aromatic nitrogens is 1. The predicted octanol–water partition coefficient (Wildman–Crippen LogP) is 1.82. The quantitative estimate of drug-likeness (QED) is 0.774. The number of hydrogen-bond acceptors (Lipinski definition) is 4. The molecule has 0 radical (unpaired) electrons. The number of carbonyl (C=O) groups excluding carboxylic acids is 1.